The lowest BCUT2D eigenvalue weighted by Crippen LogP contribution is -2.18. The van der Waals surface area contributed by atoms with Crippen molar-refractivity contribution >= 4 is 16.5 Å². The van der Waals surface area contributed by atoms with Crippen molar-refractivity contribution in [3.63, 3.8) is 0 Å². The summed E-state index contributed by atoms with van der Waals surface area (Å²) in [6.45, 7) is 4.64. The maximum atomic E-state index is 5.33. The highest BCUT2D eigenvalue weighted by atomic mass is 32.1. The lowest BCUT2D eigenvalue weighted by atomic mass is 10.3. The number of anilines is 1. The normalized spacial score (nSPS) is 11.1. The fourth-order valence-corrected chi connectivity index (χ4v) is 2.26. The molecule has 0 amide bonds. The van der Waals surface area contributed by atoms with Gasteiger partial charge < -0.3 is 9.73 Å². The quantitative estimate of drug-likeness (QED) is 0.834. The van der Waals surface area contributed by atoms with E-state index in [1.165, 1.54) is 11.5 Å². The van der Waals surface area contributed by atoms with Crippen LogP contribution in [0, 0.1) is 0 Å². The predicted octanol–water partition coefficient (Wildman–Crippen LogP) is 2.59. The van der Waals surface area contributed by atoms with Crippen LogP contribution in [-0.4, -0.2) is 28.1 Å². The van der Waals surface area contributed by atoms with Gasteiger partial charge in [0.15, 0.2) is 0 Å². The Bertz CT molecular complexity index is 454. The number of aromatic nitrogens is 2. The summed E-state index contributed by atoms with van der Waals surface area (Å²) in [7, 11) is 2.05. The lowest BCUT2D eigenvalue weighted by molar-refractivity contribution is 0.285. The smallest absolute Gasteiger partial charge is 0.134 e. The van der Waals surface area contributed by atoms with Crippen molar-refractivity contribution in [2.45, 2.75) is 26.4 Å². The first-order valence-corrected chi connectivity index (χ1v) is 6.83. The van der Waals surface area contributed by atoms with Gasteiger partial charge in [-0.25, -0.2) is 0 Å². The second-order valence-corrected chi connectivity index (χ2v) is 4.98. The van der Waals surface area contributed by atoms with Gasteiger partial charge in [-0.15, -0.1) is 5.10 Å². The van der Waals surface area contributed by atoms with E-state index in [0.717, 1.165) is 42.5 Å². The molecule has 0 bridgehead atoms. The zero-order chi connectivity index (χ0) is 12.8. The number of rotatable bonds is 7. The topological polar surface area (TPSA) is 54.2 Å². The third kappa shape index (κ3) is 3.54. The summed E-state index contributed by atoms with van der Waals surface area (Å²) in [6, 6.07) is 3.88. The van der Waals surface area contributed by atoms with Gasteiger partial charge in [-0.2, -0.15) is 0 Å². The molecule has 0 spiro atoms. The standard InChI is InChI=1S/C12H18N4OS/c1-3-6-13-12-11(14-15-18-12)9-16(2)8-10-5-4-7-17-10/h4-5,7,13H,3,6,8-9H2,1-2H3. The van der Waals surface area contributed by atoms with E-state index < -0.39 is 0 Å². The third-order valence-electron chi connectivity index (χ3n) is 2.52. The third-order valence-corrected chi connectivity index (χ3v) is 3.24. The fourth-order valence-electron chi connectivity index (χ4n) is 1.67. The number of furan rings is 1. The first-order chi connectivity index (χ1) is 8.79. The van der Waals surface area contributed by atoms with Gasteiger partial charge in [0.25, 0.3) is 0 Å². The van der Waals surface area contributed by atoms with E-state index in [9.17, 15) is 0 Å². The van der Waals surface area contributed by atoms with Crippen LogP contribution in [0.1, 0.15) is 24.8 Å². The molecule has 0 aliphatic rings. The molecule has 1 N–H and O–H groups in total. The zero-order valence-corrected chi connectivity index (χ0v) is 11.5. The minimum atomic E-state index is 0.767. The second kappa shape index (κ2) is 6.51. The average molecular weight is 266 g/mol. The minimum Gasteiger partial charge on any atom is -0.468 e. The molecule has 98 valence electrons. The predicted molar refractivity (Wildman–Crippen MR) is 72.6 cm³/mol. The highest BCUT2D eigenvalue weighted by molar-refractivity contribution is 7.10. The molecule has 0 aliphatic heterocycles. The molecule has 0 fully saturated rings. The van der Waals surface area contributed by atoms with Crippen molar-refractivity contribution in [1.82, 2.24) is 14.5 Å². The molecule has 0 saturated carbocycles. The van der Waals surface area contributed by atoms with Gasteiger partial charge in [-0.05, 0) is 25.6 Å². The highest BCUT2D eigenvalue weighted by Gasteiger charge is 2.11. The van der Waals surface area contributed by atoms with Crippen molar-refractivity contribution in [3.05, 3.63) is 29.9 Å². The largest absolute Gasteiger partial charge is 0.468 e. The van der Waals surface area contributed by atoms with E-state index in [1.807, 2.05) is 19.2 Å². The van der Waals surface area contributed by atoms with E-state index in [4.69, 9.17) is 4.42 Å². The van der Waals surface area contributed by atoms with Crippen LogP contribution in [0.25, 0.3) is 0 Å². The first kappa shape index (κ1) is 13.0. The Morgan fingerprint density at radius 1 is 1.44 bits per heavy atom. The summed E-state index contributed by atoms with van der Waals surface area (Å²) in [5.74, 6) is 0.962. The van der Waals surface area contributed by atoms with E-state index in [1.54, 1.807) is 6.26 Å². The second-order valence-electron chi connectivity index (χ2n) is 4.23. The number of nitrogens with zero attached hydrogens (tertiary/aromatic N) is 3. The SMILES string of the molecule is CCCNc1snnc1CN(C)Cc1ccco1. The Labute approximate surface area is 111 Å². The van der Waals surface area contributed by atoms with Gasteiger partial charge in [0.05, 0.1) is 12.8 Å². The van der Waals surface area contributed by atoms with Crippen LogP contribution in [0.5, 0.6) is 0 Å². The average Bonchev–Trinajstić information content (AvgIpc) is 2.98. The summed E-state index contributed by atoms with van der Waals surface area (Å²) in [6.07, 6.45) is 2.79. The van der Waals surface area contributed by atoms with E-state index in [0.29, 0.717) is 0 Å². The maximum absolute atomic E-state index is 5.33. The van der Waals surface area contributed by atoms with Gasteiger partial charge >= 0.3 is 0 Å². The van der Waals surface area contributed by atoms with Crippen LogP contribution in [0.4, 0.5) is 5.00 Å². The number of hydrogen-bond acceptors (Lipinski definition) is 6. The molecule has 6 heteroatoms. The molecule has 0 radical (unpaired) electrons. The van der Waals surface area contributed by atoms with Crippen LogP contribution in [-0.2, 0) is 13.1 Å². The van der Waals surface area contributed by atoms with Gasteiger partial charge in [0.2, 0.25) is 0 Å². The van der Waals surface area contributed by atoms with Crippen molar-refractivity contribution in [2.75, 3.05) is 18.9 Å². The molecular weight excluding hydrogens is 248 g/mol. The van der Waals surface area contributed by atoms with Crippen molar-refractivity contribution < 1.29 is 4.42 Å². The van der Waals surface area contributed by atoms with Gasteiger partial charge in [0, 0.05) is 24.6 Å². The van der Waals surface area contributed by atoms with Crippen LogP contribution >= 0.6 is 11.5 Å². The van der Waals surface area contributed by atoms with Crippen LogP contribution in [0.15, 0.2) is 22.8 Å². The van der Waals surface area contributed by atoms with E-state index >= 15 is 0 Å². The van der Waals surface area contributed by atoms with Crippen LogP contribution < -0.4 is 5.32 Å². The molecule has 0 atom stereocenters. The summed E-state index contributed by atoms with van der Waals surface area (Å²) in [5, 5.41) is 8.60. The first-order valence-electron chi connectivity index (χ1n) is 6.05. The molecular formula is C12H18N4OS. The number of nitrogens with one attached hydrogen (secondary N) is 1. The molecule has 18 heavy (non-hydrogen) atoms. The number of hydrogen-bond donors (Lipinski definition) is 1. The monoisotopic (exact) mass is 266 g/mol. The van der Waals surface area contributed by atoms with Crippen molar-refractivity contribution in [1.29, 1.82) is 0 Å². The van der Waals surface area contributed by atoms with Gasteiger partial charge in [-0.1, -0.05) is 11.4 Å². The fraction of sp³-hybridized carbons (Fsp3) is 0.500. The highest BCUT2D eigenvalue weighted by Crippen LogP contribution is 2.19. The summed E-state index contributed by atoms with van der Waals surface area (Å²) < 4.78 is 9.33. The molecule has 0 unspecified atom stereocenters. The van der Waals surface area contributed by atoms with Crippen LogP contribution in [0.3, 0.4) is 0 Å². The zero-order valence-electron chi connectivity index (χ0n) is 10.7. The molecule has 2 aromatic rings. The van der Waals surface area contributed by atoms with Gasteiger partial charge in [0.1, 0.15) is 16.5 Å². The Hall–Kier alpha value is -1.40. The molecule has 2 aromatic heterocycles. The summed E-state index contributed by atoms with van der Waals surface area (Å²) in [4.78, 5) is 2.16. The van der Waals surface area contributed by atoms with Crippen molar-refractivity contribution in [3.8, 4) is 0 Å². The molecule has 0 saturated heterocycles. The Morgan fingerprint density at radius 2 is 2.33 bits per heavy atom. The molecule has 0 aliphatic carbocycles. The van der Waals surface area contributed by atoms with Crippen LogP contribution in [0.2, 0.25) is 0 Å². The molecule has 0 aromatic carbocycles. The minimum absolute atomic E-state index is 0.767. The Balaban J connectivity index is 1.90. The maximum Gasteiger partial charge on any atom is 0.134 e. The van der Waals surface area contributed by atoms with E-state index in [2.05, 4.69) is 26.7 Å². The summed E-state index contributed by atoms with van der Waals surface area (Å²) >= 11 is 1.42. The lowest BCUT2D eigenvalue weighted by Gasteiger charge is -2.14. The van der Waals surface area contributed by atoms with Gasteiger partial charge in [-0.3, -0.25) is 4.90 Å². The van der Waals surface area contributed by atoms with E-state index in [-0.39, 0.29) is 0 Å². The Kier molecular flexibility index (Phi) is 4.72. The van der Waals surface area contributed by atoms with Crippen molar-refractivity contribution in [2.24, 2.45) is 0 Å². The summed E-state index contributed by atoms with van der Waals surface area (Å²) in [5.41, 5.74) is 1.00. The molecule has 2 heterocycles. The molecule has 5 nitrogen and oxygen atoms in total. The Morgan fingerprint density at radius 3 is 3.06 bits per heavy atom. The molecule has 2 rings (SSSR count).